The summed E-state index contributed by atoms with van der Waals surface area (Å²) >= 11 is 6.21. The summed E-state index contributed by atoms with van der Waals surface area (Å²) in [5.74, 6) is 2.56. The largest absolute Gasteiger partial charge is 0.325 e. The Morgan fingerprint density at radius 1 is 1.31 bits per heavy atom. The van der Waals surface area contributed by atoms with Crippen molar-refractivity contribution in [1.82, 2.24) is 20.1 Å². The summed E-state index contributed by atoms with van der Waals surface area (Å²) in [4.78, 5) is 13.1. The summed E-state index contributed by atoms with van der Waals surface area (Å²) in [7, 11) is 0. The average molecular weight is 416 g/mol. The van der Waals surface area contributed by atoms with E-state index in [2.05, 4.69) is 39.2 Å². The summed E-state index contributed by atoms with van der Waals surface area (Å²) in [5.41, 5.74) is 1.66. The number of hydrogen-bond acceptors (Lipinski definition) is 4. The lowest BCUT2D eigenvalue weighted by atomic mass is 9.93. The molecule has 1 aromatic heterocycles. The van der Waals surface area contributed by atoms with Crippen LogP contribution in [-0.4, -0.2) is 33.8 Å². The number of aromatic nitrogens is 3. The summed E-state index contributed by atoms with van der Waals surface area (Å²) in [6, 6.07) is 6.10. The number of amides is 1. The highest BCUT2D eigenvalue weighted by atomic mass is 35.5. The van der Waals surface area contributed by atoms with Crippen LogP contribution >= 0.6 is 11.6 Å². The van der Waals surface area contributed by atoms with E-state index in [0.717, 1.165) is 42.3 Å². The number of halogens is 1. The average Bonchev–Trinajstić information content (AvgIpc) is 3.25. The van der Waals surface area contributed by atoms with Gasteiger partial charge in [0.05, 0.1) is 5.92 Å². The van der Waals surface area contributed by atoms with Crippen molar-refractivity contribution in [2.75, 3.05) is 18.4 Å². The van der Waals surface area contributed by atoms with E-state index in [4.69, 9.17) is 11.6 Å². The molecule has 1 amide bonds. The van der Waals surface area contributed by atoms with Gasteiger partial charge in [-0.05, 0) is 49.8 Å². The van der Waals surface area contributed by atoms with Crippen molar-refractivity contribution in [3.05, 3.63) is 40.4 Å². The number of hydrogen-bond donors (Lipinski definition) is 2. The van der Waals surface area contributed by atoms with Crippen LogP contribution in [-0.2, 0) is 11.2 Å². The number of benzene rings is 1. The molecule has 0 spiro atoms. The van der Waals surface area contributed by atoms with Crippen molar-refractivity contribution in [1.29, 1.82) is 0 Å². The zero-order chi connectivity index (χ0) is 20.5. The molecule has 7 heteroatoms. The maximum absolute atomic E-state index is 13.1. The van der Waals surface area contributed by atoms with Gasteiger partial charge in [0.1, 0.15) is 11.6 Å². The number of carbonyl (C=O) groups is 1. The molecule has 1 aromatic carbocycles. The summed E-state index contributed by atoms with van der Waals surface area (Å²) in [5, 5.41) is 16.2. The third-order valence-electron chi connectivity index (χ3n) is 6.06. The van der Waals surface area contributed by atoms with Crippen LogP contribution in [0.4, 0.5) is 5.69 Å². The van der Waals surface area contributed by atoms with Gasteiger partial charge in [-0.3, -0.25) is 4.79 Å². The number of nitrogens with one attached hydrogen (secondary N) is 2. The molecule has 2 fully saturated rings. The van der Waals surface area contributed by atoms with Gasteiger partial charge in [-0.25, -0.2) is 0 Å². The first kappa shape index (κ1) is 20.4. The minimum atomic E-state index is -0.173. The second-order valence-corrected chi connectivity index (χ2v) is 9.19. The maximum atomic E-state index is 13.1. The number of carbonyl (C=O) groups excluding carboxylic acids is 1. The van der Waals surface area contributed by atoms with Crippen LogP contribution in [0.2, 0.25) is 5.02 Å². The molecule has 0 bridgehead atoms. The molecule has 1 aliphatic heterocycles. The van der Waals surface area contributed by atoms with E-state index in [0.29, 0.717) is 23.5 Å². The summed E-state index contributed by atoms with van der Waals surface area (Å²) in [6.45, 7) is 7.79. The van der Waals surface area contributed by atoms with E-state index in [1.165, 1.54) is 12.8 Å². The van der Waals surface area contributed by atoms with E-state index in [9.17, 15) is 4.79 Å². The van der Waals surface area contributed by atoms with Gasteiger partial charge in [-0.1, -0.05) is 31.5 Å². The van der Waals surface area contributed by atoms with Crippen molar-refractivity contribution in [2.24, 2.45) is 11.8 Å². The Labute approximate surface area is 177 Å². The zero-order valence-corrected chi connectivity index (χ0v) is 18.2. The van der Waals surface area contributed by atoms with Gasteiger partial charge in [0.15, 0.2) is 0 Å². The lowest BCUT2D eigenvalue weighted by Crippen LogP contribution is -2.29. The third-order valence-corrected chi connectivity index (χ3v) is 6.47. The molecule has 6 nitrogen and oxygen atoms in total. The SMILES string of the molecule is Cc1c(Cl)cccc1NC(=O)[C@H]1CNC[C@@H]1c1nnc(CCC(C)C)n1C1CC1. The van der Waals surface area contributed by atoms with Gasteiger partial charge in [-0.15, -0.1) is 10.2 Å². The van der Waals surface area contributed by atoms with Crippen molar-refractivity contribution < 1.29 is 4.79 Å². The van der Waals surface area contributed by atoms with Gasteiger partial charge < -0.3 is 15.2 Å². The van der Waals surface area contributed by atoms with E-state index < -0.39 is 0 Å². The lowest BCUT2D eigenvalue weighted by Gasteiger charge is -2.20. The van der Waals surface area contributed by atoms with Crippen LogP contribution in [0.3, 0.4) is 0 Å². The predicted molar refractivity (Wildman–Crippen MR) is 115 cm³/mol. The third kappa shape index (κ3) is 4.33. The van der Waals surface area contributed by atoms with Crippen LogP contribution < -0.4 is 10.6 Å². The minimum Gasteiger partial charge on any atom is -0.325 e. The number of rotatable bonds is 7. The van der Waals surface area contributed by atoms with E-state index >= 15 is 0 Å². The Bertz CT molecular complexity index is 889. The molecule has 1 saturated heterocycles. The molecular weight excluding hydrogens is 386 g/mol. The van der Waals surface area contributed by atoms with Crippen LogP contribution in [0.25, 0.3) is 0 Å². The molecular formula is C22H30ClN5O. The monoisotopic (exact) mass is 415 g/mol. The topological polar surface area (TPSA) is 71.8 Å². The maximum Gasteiger partial charge on any atom is 0.229 e. The molecule has 1 saturated carbocycles. The lowest BCUT2D eigenvalue weighted by molar-refractivity contribution is -0.119. The fourth-order valence-electron chi connectivity index (χ4n) is 4.10. The number of anilines is 1. The first-order chi connectivity index (χ1) is 14.0. The van der Waals surface area contributed by atoms with Crippen LogP contribution in [0, 0.1) is 18.8 Å². The molecule has 2 N–H and O–H groups in total. The van der Waals surface area contributed by atoms with E-state index in [-0.39, 0.29) is 17.7 Å². The van der Waals surface area contributed by atoms with Gasteiger partial charge in [-0.2, -0.15) is 0 Å². The number of nitrogens with zero attached hydrogens (tertiary/aromatic N) is 3. The second-order valence-electron chi connectivity index (χ2n) is 8.78. The highest BCUT2D eigenvalue weighted by Crippen LogP contribution is 2.40. The molecule has 0 unspecified atom stereocenters. The standard InChI is InChI=1S/C22H30ClN5O/c1-13(2)7-10-20-26-27-21(28(20)15-8-9-15)16-11-24-12-17(16)22(29)25-19-6-4-5-18(23)14(19)3/h4-6,13,15-17,24H,7-12H2,1-3H3,(H,25,29)/t16-,17-/m0/s1. The smallest absolute Gasteiger partial charge is 0.229 e. The number of aryl methyl sites for hydroxylation is 1. The van der Waals surface area contributed by atoms with Gasteiger partial charge in [0.2, 0.25) is 5.91 Å². The van der Waals surface area contributed by atoms with E-state index in [1.54, 1.807) is 0 Å². The Morgan fingerprint density at radius 2 is 2.10 bits per heavy atom. The fraction of sp³-hybridized carbons (Fsp3) is 0.591. The van der Waals surface area contributed by atoms with Crippen molar-refractivity contribution >= 4 is 23.2 Å². The Morgan fingerprint density at radius 3 is 2.83 bits per heavy atom. The molecule has 1 aliphatic carbocycles. The first-order valence-corrected chi connectivity index (χ1v) is 11.0. The Kier molecular flexibility index (Phi) is 5.93. The molecule has 2 aliphatic rings. The molecule has 4 rings (SSSR count). The van der Waals surface area contributed by atoms with Gasteiger partial charge in [0.25, 0.3) is 0 Å². The molecule has 0 radical (unpaired) electrons. The molecule has 2 aromatic rings. The molecule has 2 atom stereocenters. The minimum absolute atomic E-state index is 0.0134. The van der Waals surface area contributed by atoms with Gasteiger partial charge >= 0.3 is 0 Å². The van der Waals surface area contributed by atoms with E-state index in [1.807, 2.05) is 25.1 Å². The van der Waals surface area contributed by atoms with Crippen molar-refractivity contribution in [3.63, 3.8) is 0 Å². The molecule has 29 heavy (non-hydrogen) atoms. The highest BCUT2D eigenvalue weighted by Gasteiger charge is 2.40. The Balaban J connectivity index is 1.55. The normalized spacial score (nSPS) is 21.7. The fourth-order valence-corrected chi connectivity index (χ4v) is 4.28. The molecule has 2 heterocycles. The Hall–Kier alpha value is -1.92. The van der Waals surface area contributed by atoms with Crippen LogP contribution in [0.1, 0.15) is 62.3 Å². The zero-order valence-electron chi connectivity index (χ0n) is 17.4. The van der Waals surface area contributed by atoms with Crippen molar-refractivity contribution in [2.45, 2.75) is 58.4 Å². The van der Waals surface area contributed by atoms with Crippen LogP contribution in [0.5, 0.6) is 0 Å². The second kappa shape index (κ2) is 8.44. The predicted octanol–water partition coefficient (Wildman–Crippen LogP) is 4.11. The molecule has 156 valence electrons. The van der Waals surface area contributed by atoms with Crippen molar-refractivity contribution in [3.8, 4) is 0 Å². The van der Waals surface area contributed by atoms with Crippen LogP contribution in [0.15, 0.2) is 18.2 Å². The highest BCUT2D eigenvalue weighted by molar-refractivity contribution is 6.31. The first-order valence-electron chi connectivity index (χ1n) is 10.7. The quantitative estimate of drug-likeness (QED) is 0.713. The van der Waals surface area contributed by atoms with Gasteiger partial charge in [0, 0.05) is 42.2 Å². The summed E-state index contributed by atoms with van der Waals surface area (Å²) in [6.07, 6.45) is 4.41. The summed E-state index contributed by atoms with van der Waals surface area (Å²) < 4.78 is 2.34.